The molecule has 0 aromatic heterocycles. The van der Waals surface area contributed by atoms with Crippen LogP contribution in [-0.2, 0) is 0 Å². The van der Waals surface area contributed by atoms with Crippen molar-refractivity contribution in [3.63, 3.8) is 0 Å². The molecule has 0 spiro atoms. The number of fused-ring (bicyclic) bond motifs is 1. The van der Waals surface area contributed by atoms with Crippen LogP contribution >= 0.6 is 0 Å². The first-order valence-corrected chi connectivity index (χ1v) is 6.55. The van der Waals surface area contributed by atoms with E-state index < -0.39 is 0 Å². The summed E-state index contributed by atoms with van der Waals surface area (Å²) in [5.74, 6) is 1.72. The van der Waals surface area contributed by atoms with E-state index in [-0.39, 0.29) is 6.10 Å². The zero-order valence-electron chi connectivity index (χ0n) is 10.7. The maximum Gasteiger partial charge on any atom is 0.0753 e. The van der Waals surface area contributed by atoms with Crippen LogP contribution in [0.4, 0.5) is 0 Å². The third-order valence-electron chi connectivity index (χ3n) is 4.65. The second-order valence-corrected chi connectivity index (χ2v) is 5.92. The quantitative estimate of drug-likeness (QED) is 0.716. The molecule has 0 aromatic carbocycles. The average molecular weight is 220 g/mol. The molecule has 1 heteroatoms. The van der Waals surface area contributed by atoms with Crippen molar-refractivity contribution >= 4 is 0 Å². The van der Waals surface area contributed by atoms with Crippen molar-refractivity contribution in [2.24, 2.45) is 17.3 Å². The highest BCUT2D eigenvalue weighted by Crippen LogP contribution is 2.64. The van der Waals surface area contributed by atoms with Crippen molar-refractivity contribution in [1.82, 2.24) is 0 Å². The van der Waals surface area contributed by atoms with E-state index in [1.54, 1.807) is 0 Å². The first kappa shape index (κ1) is 11.9. The summed E-state index contributed by atoms with van der Waals surface area (Å²) >= 11 is 0. The Kier molecular flexibility index (Phi) is 3.25. The molecule has 0 bridgehead atoms. The molecule has 2 rings (SSSR count). The summed E-state index contributed by atoms with van der Waals surface area (Å²) in [4.78, 5) is 0. The van der Waals surface area contributed by atoms with Crippen molar-refractivity contribution in [1.29, 1.82) is 0 Å². The van der Waals surface area contributed by atoms with Gasteiger partial charge in [-0.25, -0.2) is 0 Å². The lowest BCUT2D eigenvalue weighted by atomic mass is 9.93. The number of allylic oxidation sites excluding steroid dienone is 3. The highest BCUT2D eigenvalue weighted by molar-refractivity contribution is 5.23. The van der Waals surface area contributed by atoms with Crippen molar-refractivity contribution in [3.8, 4) is 0 Å². The van der Waals surface area contributed by atoms with Gasteiger partial charge in [0.25, 0.3) is 0 Å². The SMILES string of the molecule is CC=CCCC(O)C1=CC[C@@H]2[C@H](C1)C2(C)C. The minimum absolute atomic E-state index is 0.200. The van der Waals surface area contributed by atoms with E-state index in [1.807, 2.05) is 6.92 Å². The predicted molar refractivity (Wildman–Crippen MR) is 68.1 cm³/mol. The van der Waals surface area contributed by atoms with Crippen molar-refractivity contribution < 1.29 is 5.11 Å². The van der Waals surface area contributed by atoms with E-state index >= 15 is 0 Å². The van der Waals surface area contributed by atoms with Crippen LogP contribution in [0, 0.1) is 17.3 Å². The average Bonchev–Trinajstić information content (AvgIpc) is 2.81. The Labute approximate surface area is 99.3 Å². The molecule has 2 aliphatic rings. The van der Waals surface area contributed by atoms with Gasteiger partial charge >= 0.3 is 0 Å². The summed E-state index contributed by atoms with van der Waals surface area (Å²) < 4.78 is 0. The lowest BCUT2D eigenvalue weighted by Gasteiger charge is -2.17. The van der Waals surface area contributed by atoms with Gasteiger partial charge in [-0.15, -0.1) is 0 Å². The van der Waals surface area contributed by atoms with Gasteiger partial charge in [0.1, 0.15) is 0 Å². The van der Waals surface area contributed by atoms with Crippen molar-refractivity contribution in [2.75, 3.05) is 0 Å². The maximum absolute atomic E-state index is 10.1. The molecule has 16 heavy (non-hydrogen) atoms. The van der Waals surface area contributed by atoms with Gasteiger partial charge in [0.05, 0.1) is 6.10 Å². The molecule has 0 radical (unpaired) electrons. The van der Waals surface area contributed by atoms with Gasteiger partial charge in [0, 0.05) is 0 Å². The van der Waals surface area contributed by atoms with Gasteiger partial charge < -0.3 is 5.11 Å². The fraction of sp³-hybridized carbons (Fsp3) is 0.733. The number of hydrogen-bond donors (Lipinski definition) is 1. The summed E-state index contributed by atoms with van der Waals surface area (Å²) in [6.07, 6.45) is 10.5. The first-order valence-electron chi connectivity index (χ1n) is 6.55. The molecule has 3 atom stereocenters. The second-order valence-electron chi connectivity index (χ2n) is 5.92. The molecule has 1 nitrogen and oxygen atoms in total. The standard InChI is InChI=1S/C15H24O/c1-4-5-6-7-14(16)11-8-9-12-13(10-11)15(12,2)3/h4-5,8,12-14,16H,6-7,9-10H2,1-3H3/t12-,13+,14?/m1/s1. The minimum Gasteiger partial charge on any atom is -0.389 e. The molecule has 0 aliphatic heterocycles. The van der Waals surface area contributed by atoms with Gasteiger partial charge in [-0.05, 0) is 55.4 Å². The van der Waals surface area contributed by atoms with Gasteiger partial charge in [-0.1, -0.05) is 32.1 Å². The van der Waals surface area contributed by atoms with E-state index in [9.17, 15) is 5.11 Å². The molecule has 1 saturated carbocycles. The van der Waals surface area contributed by atoms with Crippen LogP contribution in [0.15, 0.2) is 23.8 Å². The van der Waals surface area contributed by atoms with Crippen LogP contribution in [0.3, 0.4) is 0 Å². The molecule has 0 heterocycles. The van der Waals surface area contributed by atoms with Crippen molar-refractivity contribution in [3.05, 3.63) is 23.8 Å². The highest BCUT2D eigenvalue weighted by Gasteiger charge is 2.57. The van der Waals surface area contributed by atoms with Crippen LogP contribution < -0.4 is 0 Å². The molecule has 0 amide bonds. The molecule has 1 N–H and O–H groups in total. The van der Waals surface area contributed by atoms with Crippen LogP contribution in [0.25, 0.3) is 0 Å². The van der Waals surface area contributed by atoms with Crippen LogP contribution in [0.2, 0.25) is 0 Å². The summed E-state index contributed by atoms with van der Waals surface area (Å²) in [7, 11) is 0. The zero-order valence-corrected chi connectivity index (χ0v) is 10.7. The molecule has 1 fully saturated rings. The minimum atomic E-state index is -0.200. The Balaban J connectivity index is 1.85. The monoisotopic (exact) mass is 220 g/mol. The van der Waals surface area contributed by atoms with E-state index in [1.165, 1.54) is 12.0 Å². The smallest absolute Gasteiger partial charge is 0.0753 e. The van der Waals surface area contributed by atoms with E-state index in [2.05, 4.69) is 32.1 Å². The Morgan fingerprint density at radius 2 is 2.25 bits per heavy atom. The predicted octanol–water partition coefficient (Wildman–Crippen LogP) is 3.70. The lowest BCUT2D eigenvalue weighted by Crippen LogP contribution is -2.13. The Morgan fingerprint density at radius 3 is 2.88 bits per heavy atom. The van der Waals surface area contributed by atoms with Crippen LogP contribution in [0.5, 0.6) is 0 Å². The number of aliphatic hydroxyl groups is 1. The van der Waals surface area contributed by atoms with E-state index in [4.69, 9.17) is 0 Å². The topological polar surface area (TPSA) is 20.2 Å². The fourth-order valence-corrected chi connectivity index (χ4v) is 3.22. The second kappa shape index (κ2) is 4.37. The molecule has 0 saturated heterocycles. The summed E-state index contributed by atoms with van der Waals surface area (Å²) in [6, 6.07) is 0. The number of hydrogen-bond acceptors (Lipinski definition) is 1. The van der Waals surface area contributed by atoms with Crippen LogP contribution in [0.1, 0.15) is 46.5 Å². The molecule has 90 valence electrons. The Hall–Kier alpha value is -0.560. The van der Waals surface area contributed by atoms with Crippen molar-refractivity contribution in [2.45, 2.75) is 52.6 Å². The number of rotatable bonds is 4. The fourth-order valence-electron chi connectivity index (χ4n) is 3.22. The van der Waals surface area contributed by atoms with E-state index in [0.717, 1.165) is 31.1 Å². The number of aliphatic hydroxyl groups excluding tert-OH is 1. The summed E-state index contributed by atoms with van der Waals surface area (Å²) in [5.41, 5.74) is 1.83. The van der Waals surface area contributed by atoms with Gasteiger partial charge in [-0.3, -0.25) is 0 Å². The van der Waals surface area contributed by atoms with Gasteiger partial charge in [-0.2, -0.15) is 0 Å². The largest absolute Gasteiger partial charge is 0.389 e. The lowest BCUT2D eigenvalue weighted by molar-refractivity contribution is 0.193. The third-order valence-corrected chi connectivity index (χ3v) is 4.65. The summed E-state index contributed by atoms with van der Waals surface area (Å²) in [5, 5.41) is 10.1. The van der Waals surface area contributed by atoms with Gasteiger partial charge in [0.15, 0.2) is 0 Å². The molecular weight excluding hydrogens is 196 g/mol. The van der Waals surface area contributed by atoms with E-state index in [0.29, 0.717) is 5.41 Å². The molecular formula is C15H24O. The molecule has 1 unspecified atom stereocenters. The zero-order chi connectivity index (χ0) is 11.8. The Morgan fingerprint density at radius 1 is 1.50 bits per heavy atom. The first-order chi connectivity index (χ1) is 7.57. The molecule has 2 aliphatic carbocycles. The normalized spacial score (nSPS) is 33.4. The maximum atomic E-state index is 10.1. The summed E-state index contributed by atoms with van der Waals surface area (Å²) in [6.45, 7) is 6.76. The third kappa shape index (κ3) is 2.10. The molecule has 0 aromatic rings. The van der Waals surface area contributed by atoms with Gasteiger partial charge in [0.2, 0.25) is 0 Å². The van der Waals surface area contributed by atoms with Crippen LogP contribution in [-0.4, -0.2) is 11.2 Å². The highest BCUT2D eigenvalue weighted by atomic mass is 16.3. The Bertz CT molecular complexity index is 311.